The molecule has 0 saturated carbocycles. The standard InChI is InChI=1S/C14H28N2O14P2S2/c1-9(34(26,27)28)13(20)33-7-6-15-10(17)4-5-16-12(19)11(18)14(2,3)8-29-32(24,25)30-31(21,22)23/h9,11,18H,4-8H2,1-3H3,(H,15,17)(H,16,19)(H,24,25)(H2,21,22,23)(H,26,27,28)/t9-,11+/m1/s1. The van der Waals surface area contributed by atoms with Crippen molar-refractivity contribution in [1.29, 1.82) is 0 Å². The Hall–Kier alpha value is -0.910. The number of hydrogen-bond acceptors (Lipinski definition) is 11. The van der Waals surface area contributed by atoms with E-state index in [1.807, 2.05) is 0 Å². The second-order valence-electron chi connectivity index (χ2n) is 7.42. The van der Waals surface area contributed by atoms with Crippen molar-refractivity contribution in [2.45, 2.75) is 38.5 Å². The second kappa shape index (κ2) is 13.4. The quantitative estimate of drug-likeness (QED) is 0.0685. The molecule has 0 aromatic heterocycles. The molecule has 16 nitrogen and oxygen atoms in total. The molecule has 0 rings (SSSR count). The van der Waals surface area contributed by atoms with Crippen LogP contribution in [0.25, 0.3) is 0 Å². The highest BCUT2D eigenvalue weighted by molar-refractivity contribution is 8.15. The number of rotatable bonds is 15. The fraction of sp³-hybridized carbons (Fsp3) is 0.786. The van der Waals surface area contributed by atoms with Gasteiger partial charge in [0.15, 0.2) is 5.25 Å². The first-order chi connectivity index (χ1) is 15.2. The lowest BCUT2D eigenvalue weighted by Crippen LogP contribution is -2.46. The largest absolute Gasteiger partial charge is 0.481 e. The maximum atomic E-state index is 12.1. The Morgan fingerprint density at radius 3 is 2.15 bits per heavy atom. The first-order valence-corrected chi connectivity index (χ1v) is 14.8. The van der Waals surface area contributed by atoms with E-state index in [-0.39, 0.29) is 25.3 Å². The molecule has 0 aliphatic rings. The molecule has 0 aliphatic carbocycles. The Labute approximate surface area is 199 Å². The maximum absolute atomic E-state index is 12.1. The summed E-state index contributed by atoms with van der Waals surface area (Å²) >= 11 is 0.600. The summed E-state index contributed by atoms with van der Waals surface area (Å²) < 4.78 is 60.6. The number of phosphoric ester groups is 1. The Morgan fingerprint density at radius 1 is 1.09 bits per heavy atom. The van der Waals surface area contributed by atoms with Crippen LogP contribution in [0.5, 0.6) is 0 Å². The molecule has 0 bridgehead atoms. The molecule has 0 aromatic rings. The molecule has 0 heterocycles. The molecular formula is C14H28N2O14P2S2. The molecule has 0 radical (unpaired) electrons. The van der Waals surface area contributed by atoms with E-state index in [9.17, 15) is 41.9 Å². The van der Waals surface area contributed by atoms with Crippen molar-refractivity contribution in [2.24, 2.45) is 5.41 Å². The van der Waals surface area contributed by atoms with Crippen LogP contribution in [0.3, 0.4) is 0 Å². The van der Waals surface area contributed by atoms with Crippen LogP contribution >= 0.6 is 27.4 Å². The SMILES string of the molecule is C[C@H](C(=O)SCCNC(=O)CCNC(=O)[C@H](O)C(C)(C)COP(=O)(O)OP(=O)(O)O)S(=O)(=O)O. The van der Waals surface area contributed by atoms with Crippen molar-refractivity contribution in [3.8, 4) is 0 Å². The van der Waals surface area contributed by atoms with E-state index >= 15 is 0 Å². The van der Waals surface area contributed by atoms with Crippen LogP contribution in [-0.4, -0.2) is 86.5 Å². The number of carbonyl (C=O) groups is 3. The highest BCUT2D eigenvalue weighted by atomic mass is 32.2. The van der Waals surface area contributed by atoms with Gasteiger partial charge in [0, 0.05) is 30.7 Å². The predicted octanol–water partition coefficient (Wildman–Crippen LogP) is -1.24. The molecular weight excluding hydrogens is 546 g/mol. The molecule has 20 heteroatoms. The average molecular weight is 574 g/mol. The third-order valence-electron chi connectivity index (χ3n) is 3.90. The average Bonchev–Trinajstić information content (AvgIpc) is 2.65. The second-order valence-corrected chi connectivity index (χ2v) is 13.1. The number of aliphatic hydroxyl groups is 1. The van der Waals surface area contributed by atoms with E-state index in [1.54, 1.807) is 0 Å². The topological polar surface area (TPSA) is 263 Å². The van der Waals surface area contributed by atoms with E-state index < -0.39 is 66.1 Å². The molecule has 0 saturated heterocycles. The highest BCUT2D eigenvalue weighted by Crippen LogP contribution is 2.58. The summed E-state index contributed by atoms with van der Waals surface area (Å²) in [5, 5.41) is 12.4. The molecule has 3 atom stereocenters. The van der Waals surface area contributed by atoms with Gasteiger partial charge in [-0.25, -0.2) is 9.13 Å². The lowest BCUT2D eigenvalue weighted by Gasteiger charge is -2.29. The zero-order chi connectivity index (χ0) is 27.0. The summed E-state index contributed by atoms with van der Waals surface area (Å²) in [4.78, 5) is 61.7. The maximum Gasteiger partial charge on any atom is 0.481 e. The number of amides is 2. The monoisotopic (exact) mass is 574 g/mol. The number of aliphatic hydroxyl groups excluding tert-OH is 1. The zero-order valence-corrected chi connectivity index (χ0v) is 21.7. The lowest BCUT2D eigenvalue weighted by atomic mass is 9.87. The van der Waals surface area contributed by atoms with Crippen molar-refractivity contribution in [3.63, 3.8) is 0 Å². The van der Waals surface area contributed by atoms with Gasteiger partial charge in [0.25, 0.3) is 10.1 Å². The highest BCUT2D eigenvalue weighted by Gasteiger charge is 2.39. The van der Waals surface area contributed by atoms with Crippen LogP contribution in [0.4, 0.5) is 0 Å². The van der Waals surface area contributed by atoms with Crippen molar-refractivity contribution >= 4 is 54.5 Å². The van der Waals surface area contributed by atoms with Gasteiger partial charge in [-0.05, 0) is 6.92 Å². The molecule has 0 aliphatic heterocycles. The van der Waals surface area contributed by atoms with Crippen molar-refractivity contribution in [1.82, 2.24) is 10.6 Å². The normalized spacial score (nSPS) is 16.2. The van der Waals surface area contributed by atoms with Gasteiger partial charge in [-0.2, -0.15) is 12.7 Å². The van der Waals surface area contributed by atoms with Crippen LogP contribution in [0.15, 0.2) is 0 Å². The molecule has 0 aromatic carbocycles. The Morgan fingerprint density at radius 2 is 1.65 bits per heavy atom. The predicted molar refractivity (Wildman–Crippen MR) is 118 cm³/mol. The van der Waals surface area contributed by atoms with Gasteiger partial charge in [-0.15, -0.1) is 0 Å². The molecule has 200 valence electrons. The first-order valence-electron chi connectivity index (χ1n) is 9.27. The van der Waals surface area contributed by atoms with Crippen LogP contribution in [-0.2, 0) is 42.5 Å². The van der Waals surface area contributed by atoms with Crippen molar-refractivity contribution < 1.29 is 65.1 Å². The van der Waals surface area contributed by atoms with Gasteiger partial charge < -0.3 is 30.4 Å². The van der Waals surface area contributed by atoms with Crippen molar-refractivity contribution in [2.75, 3.05) is 25.4 Å². The molecule has 7 N–H and O–H groups in total. The van der Waals surface area contributed by atoms with Crippen LogP contribution in [0, 0.1) is 5.41 Å². The number of thioether (sulfide) groups is 1. The smallest absolute Gasteiger partial charge is 0.383 e. The van der Waals surface area contributed by atoms with E-state index in [4.69, 9.17) is 14.3 Å². The summed E-state index contributed by atoms with van der Waals surface area (Å²) in [6.45, 7) is 2.50. The van der Waals surface area contributed by atoms with Crippen LogP contribution in [0.1, 0.15) is 27.2 Å². The summed E-state index contributed by atoms with van der Waals surface area (Å²) in [7, 11) is -15.0. The molecule has 2 amide bonds. The molecule has 34 heavy (non-hydrogen) atoms. The van der Waals surface area contributed by atoms with Gasteiger partial charge in [-0.1, -0.05) is 25.6 Å². The Bertz CT molecular complexity index is 935. The van der Waals surface area contributed by atoms with E-state index in [1.165, 1.54) is 13.8 Å². The fourth-order valence-electron chi connectivity index (χ4n) is 1.91. The summed E-state index contributed by atoms with van der Waals surface area (Å²) in [6.07, 6.45) is -2.03. The van der Waals surface area contributed by atoms with E-state index in [2.05, 4.69) is 19.5 Å². The van der Waals surface area contributed by atoms with Crippen molar-refractivity contribution in [3.05, 3.63) is 0 Å². The summed E-state index contributed by atoms with van der Waals surface area (Å²) in [6, 6.07) is 0. The minimum absolute atomic E-state index is 0.00766. The number of phosphoric acid groups is 2. The Kier molecular flexibility index (Phi) is 13.1. The molecule has 1 unspecified atom stereocenters. The molecule has 0 fully saturated rings. The zero-order valence-electron chi connectivity index (χ0n) is 18.3. The third-order valence-corrected chi connectivity index (χ3v) is 8.33. The van der Waals surface area contributed by atoms with Crippen LogP contribution < -0.4 is 10.6 Å². The fourth-order valence-corrected chi connectivity index (χ4v) is 5.12. The van der Waals surface area contributed by atoms with Gasteiger partial charge in [0.2, 0.25) is 16.9 Å². The lowest BCUT2D eigenvalue weighted by molar-refractivity contribution is -0.137. The number of nitrogens with one attached hydrogen (secondary N) is 2. The minimum atomic E-state index is -5.33. The number of hydrogen-bond donors (Lipinski definition) is 7. The van der Waals surface area contributed by atoms with Gasteiger partial charge in [0.05, 0.1) is 6.61 Å². The Balaban J connectivity index is 4.38. The summed E-state index contributed by atoms with van der Waals surface area (Å²) in [5.74, 6) is -1.47. The summed E-state index contributed by atoms with van der Waals surface area (Å²) in [5.41, 5.74) is -1.51. The van der Waals surface area contributed by atoms with Crippen LogP contribution in [0.2, 0.25) is 0 Å². The minimum Gasteiger partial charge on any atom is -0.383 e. The van der Waals surface area contributed by atoms with E-state index in [0.29, 0.717) is 11.8 Å². The first kappa shape index (κ1) is 33.1. The van der Waals surface area contributed by atoms with Gasteiger partial charge >= 0.3 is 15.6 Å². The number of carbonyl (C=O) groups excluding carboxylic acids is 3. The third kappa shape index (κ3) is 13.8. The van der Waals surface area contributed by atoms with E-state index in [0.717, 1.165) is 6.92 Å². The molecule has 0 spiro atoms. The van der Waals surface area contributed by atoms with Gasteiger partial charge in [-0.3, -0.25) is 23.5 Å². The van der Waals surface area contributed by atoms with Gasteiger partial charge in [0.1, 0.15) is 6.10 Å².